The minimum absolute atomic E-state index is 0. The SMILES string of the molecule is Cc1cn[nH]c1C.[Cr+6].[O-2].[O-2].[O-2]. The predicted octanol–water partition coefficient (Wildman–Crippen LogP) is 0.668. The summed E-state index contributed by atoms with van der Waals surface area (Å²) in [5, 5.41) is 6.61. The molecule has 0 atom stereocenters. The first-order valence-electron chi connectivity index (χ1n) is 2.27. The number of nitrogens with one attached hydrogen (secondary N) is 1. The van der Waals surface area contributed by atoms with Gasteiger partial charge in [-0.1, -0.05) is 0 Å². The smallest absolute Gasteiger partial charge is 2.00 e. The van der Waals surface area contributed by atoms with Crippen molar-refractivity contribution in [2.75, 3.05) is 0 Å². The molecular weight excluding hydrogens is 188 g/mol. The standard InChI is InChI=1S/C5H8N2.Cr.3O/c1-4-3-6-7-5(4)2;;;;/h3H,1-2H3,(H,6,7);;;;/q;+6;3*-2. The average Bonchev–Trinajstić information content (AvgIpc) is 1.91. The van der Waals surface area contributed by atoms with Crippen LogP contribution in [0.25, 0.3) is 0 Å². The van der Waals surface area contributed by atoms with Gasteiger partial charge in [-0.2, -0.15) is 5.10 Å². The van der Waals surface area contributed by atoms with Gasteiger partial charge < -0.3 is 16.4 Å². The van der Waals surface area contributed by atoms with E-state index in [1.807, 2.05) is 20.0 Å². The molecule has 1 N–H and O–H groups in total. The van der Waals surface area contributed by atoms with E-state index in [0.717, 1.165) is 5.69 Å². The molecule has 0 fully saturated rings. The molecule has 0 aliphatic carbocycles. The van der Waals surface area contributed by atoms with Gasteiger partial charge >= 0.3 is 17.4 Å². The predicted molar refractivity (Wildman–Crippen MR) is 30.1 cm³/mol. The number of hydrogen-bond acceptors (Lipinski definition) is 1. The normalized spacial score (nSPS) is 6.00. The van der Waals surface area contributed by atoms with E-state index < -0.39 is 0 Å². The summed E-state index contributed by atoms with van der Waals surface area (Å²) in [7, 11) is 0. The van der Waals surface area contributed by atoms with E-state index in [2.05, 4.69) is 10.2 Å². The van der Waals surface area contributed by atoms with Gasteiger partial charge in [-0.15, -0.1) is 0 Å². The van der Waals surface area contributed by atoms with Crippen molar-refractivity contribution in [3.63, 3.8) is 0 Å². The van der Waals surface area contributed by atoms with Gasteiger partial charge in [0.1, 0.15) is 0 Å². The molecule has 1 aromatic rings. The Morgan fingerprint density at radius 3 is 1.73 bits per heavy atom. The molecule has 1 heterocycles. The van der Waals surface area contributed by atoms with E-state index in [4.69, 9.17) is 0 Å². The number of rotatable bonds is 0. The van der Waals surface area contributed by atoms with Crippen LogP contribution in [0, 0.1) is 13.8 Å². The fraction of sp³-hybridized carbons (Fsp3) is 0.400. The molecule has 0 radical (unpaired) electrons. The minimum atomic E-state index is 0. The first-order chi connectivity index (χ1) is 3.30. The van der Waals surface area contributed by atoms with Gasteiger partial charge in [0.25, 0.3) is 0 Å². The Bertz CT molecular complexity index is 152. The first kappa shape index (κ1) is 22.4. The molecule has 0 saturated carbocycles. The van der Waals surface area contributed by atoms with Gasteiger partial charge in [-0.05, 0) is 19.4 Å². The van der Waals surface area contributed by atoms with Crippen molar-refractivity contribution in [2.45, 2.75) is 13.8 Å². The number of nitrogens with zero attached hydrogens (tertiary/aromatic N) is 1. The van der Waals surface area contributed by atoms with Crippen LogP contribution in [0.15, 0.2) is 6.20 Å². The maximum atomic E-state index is 3.80. The fourth-order valence-corrected chi connectivity index (χ4v) is 0.411. The third-order valence-electron chi connectivity index (χ3n) is 1.08. The Balaban J connectivity index is -0.0000000612. The van der Waals surface area contributed by atoms with E-state index in [1.165, 1.54) is 5.56 Å². The quantitative estimate of drug-likeness (QED) is 0.645. The number of aromatic nitrogens is 2. The number of hydrogen-bond donors (Lipinski definition) is 1. The van der Waals surface area contributed by atoms with Crippen LogP contribution >= 0.6 is 0 Å². The molecule has 0 spiro atoms. The van der Waals surface area contributed by atoms with Gasteiger partial charge in [-0.3, -0.25) is 5.10 Å². The van der Waals surface area contributed by atoms with Crippen molar-refractivity contribution in [2.24, 2.45) is 0 Å². The number of H-pyrrole nitrogens is 1. The molecule has 0 aromatic carbocycles. The van der Waals surface area contributed by atoms with Crippen molar-refractivity contribution < 1.29 is 33.8 Å². The molecule has 0 amide bonds. The monoisotopic (exact) mass is 196 g/mol. The largest absolute Gasteiger partial charge is 6.00 e. The van der Waals surface area contributed by atoms with Gasteiger partial charge in [-0.25, -0.2) is 0 Å². The van der Waals surface area contributed by atoms with E-state index >= 15 is 0 Å². The third-order valence-corrected chi connectivity index (χ3v) is 1.08. The molecule has 5 nitrogen and oxygen atoms in total. The molecule has 6 heteroatoms. The van der Waals surface area contributed by atoms with Gasteiger partial charge in [0, 0.05) is 5.69 Å². The van der Waals surface area contributed by atoms with Gasteiger partial charge in [0.05, 0.1) is 6.20 Å². The molecular formula is C5H8CrN2O3. The van der Waals surface area contributed by atoms with Gasteiger partial charge in [0.15, 0.2) is 0 Å². The van der Waals surface area contributed by atoms with Crippen molar-refractivity contribution in [3.05, 3.63) is 17.5 Å². The second-order valence-electron chi connectivity index (χ2n) is 1.68. The molecule has 0 saturated heterocycles. The second kappa shape index (κ2) is 9.62. The van der Waals surface area contributed by atoms with E-state index in [9.17, 15) is 0 Å². The van der Waals surface area contributed by atoms with Crippen LogP contribution in [0.4, 0.5) is 0 Å². The van der Waals surface area contributed by atoms with Crippen LogP contribution in [0.5, 0.6) is 0 Å². The summed E-state index contributed by atoms with van der Waals surface area (Å²) in [6.07, 6.45) is 1.81. The van der Waals surface area contributed by atoms with Crippen LogP contribution in [0.3, 0.4) is 0 Å². The maximum absolute atomic E-state index is 3.80. The van der Waals surface area contributed by atoms with E-state index in [1.54, 1.807) is 0 Å². The summed E-state index contributed by atoms with van der Waals surface area (Å²) in [5.74, 6) is 0. The van der Waals surface area contributed by atoms with Crippen molar-refractivity contribution in [1.29, 1.82) is 0 Å². The molecule has 0 aliphatic rings. The maximum Gasteiger partial charge on any atom is 6.00 e. The Hall–Kier alpha value is -0.378. The Morgan fingerprint density at radius 2 is 1.64 bits per heavy atom. The average molecular weight is 196 g/mol. The van der Waals surface area contributed by atoms with E-state index in [0.29, 0.717) is 0 Å². The second-order valence-corrected chi connectivity index (χ2v) is 1.68. The van der Waals surface area contributed by atoms with Crippen LogP contribution in [0.1, 0.15) is 11.3 Å². The molecule has 11 heavy (non-hydrogen) atoms. The molecule has 1 rings (SSSR count). The number of aryl methyl sites for hydroxylation is 2. The minimum Gasteiger partial charge on any atom is -2.00 e. The number of aromatic amines is 1. The first-order valence-corrected chi connectivity index (χ1v) is 2.27. The van der Waals surface area contributed by atoms with Crippen molar-refractivity contribution in [1.82, 2.24) is 10.2 Å². The fourth-order valence-electron chi connectivity index (χ4n) is 0.411. The van der Waals surface area contributed by atoms with Crippen LogP contribution in [-0.4, -0.2) is 10.2 Å². The molecule has 0 unspecified atom stereocenters. The molecule has 0 aliphatic heterocycles. The zero-order valence-corrected chi connectivity index (χ0v) is 7.43. The third kappa shape index (κ3) is 6.04. The summed E-state index contributed by atoms with van der Waals surface area (Å²) in [6, 6.07) is 0. The summed E-state index contributed by atoms with van der Waals surface area (Å²) in [5.41, 5.74) is 2.38. The van der Waals surface area contributed by atoms with E-state index in [-0.39, 0.29) is 33.8 Å². The van der Waals surface area contributed by atoms with Gasteiger partial charge in [0.2, 0.25) is 0 Å². The van der Waals surface area contributed by atoms with Crippen LogP contribution in [0.2, 0.25) is 0 Å². The van der Waals surface area contributed by atoms with Crippen molar-refractivity contribution >= 4 is 0 Å². The summed E-state index contributed by atoms with van der Waals surface area (Å²) in [4.78, 5) is 0. The summed E-state index contributed by atoms with van der Waals surface area (Å²) in [6.45, 7) is 4.03. The molecule has 1 aromatic heterocycles. The van der Waals surface area contributed by atoms with Crippen molar-refractivity contribution in [3.8, 4) is 0 Å². The van der Waals surface area contributed by atoms with Crippen LogP contribution in [-0.2, 0) is 33.8 Å². The zero-order chi connectivity index (χ0) is 5.28. The topological polar surface area (TPSA) is 114 Å². The molecule has 0 bridgehead atoms. The van der Waals surface area contributed by atoms with Crippen LogP contribution < -0.4 is 0 Å². The Labute approximate surface area is 75.9 Å². The summed E-state index contributed by atoms with van der Waals surface area (Å²) < 4.78 is 0. The zero-order valence-electron chi connectivity index (χ0n) is 6.16. The summed E-state index contributed by atoms with van der Waals surface area (Å²) >= 11 is 0. The Morgan fingerprint density at radius 1 is 1.18 bits per heavy atom. The molecule has 62 valence electrons. The Kier molecular flexibility index (Phi) is 19.6.